The predicted octanol–water partition coefficient (Wildman–Crippen LogP) is 2.15. The fourth-order valence-corrected chi connectivity index (χ4v) is 2.56. The Bertz CT molecular complexity index is 674. The Morgan fingerprint density at radius 2 is 1.56 bits per heavy atom. The molecule has 0 heterocycles. The second-order valence-electron chi connectivity index (χ2n) is 5.89. The molecule has 0 saturated heterocycles. The van der Waals surface area contributed by atoms with E-state index in [9.17, 15) is 9.59 Å². The molecule has 2 aromatic carbocycles. The van der Waals surface area contributed by atoms with Crippen molar-refractivity contribution < 1.29 is 14.3 Å². The minimum Gasteiger partial charge on any atom is -0.468 e. The number of rotatable bonds is 8. The first-order chi connectivity index (χ1) is 12.1. The molecule has 132 valence electrons. The van der Waals surface area contributed by atoms with Gasteiger partial charge in [0.1, 0.15) is 6.54 Å². The van der Waals surface area contributed by atoms with Crippen LogP contribution in [-0.4, -0.2) is 36.5 Å². The summed E-state index contributed by atoms with van der Waals surface area (Å²) in [6.45, 7) is 0.219. The quantitative estimate of drug-likeness (QED) is 0.747. The zero-order chi connectivity index (χ0) is 18.1. The Morgan fingerprint density at radius 3 is 2.12 bits per heavy atom. The fourth-order valence-electron chi connectivity index (χ4n) is 2.56. The van der Waals surface area contributed by atoms with Gasteiger partial charge in [0.15, 0.2) is 0 Å². The molecule has 0 fully saturated rings. The summed E-state index contributed by atoms with van der Waals surface area (Å²) in [4.78, 5) is 25.8. The lowest BCUT2D eigenvalue weighted by Crippen LogP contribution is -2.45. The number of ether oxygens (including phenoxy) is 1. The van der Waals surface area contributed by atoms with Crippen LogP contribution in [0.3, 0.4) is 0 Å². The highest BCUT2D eigenvalue weighted by Gasteiger charge is 2.23. The third-order valence-electron chi connectivity index (χ3n) is 3.98. The topological polar surface area (TPSA) is 72.6 Å². The lowest BCUT2D eigenvalue weighted by molar-refractivity contribution is -0.147. The number of esters is 1. The molecular formula is C20H24N2O3. The smallest absolute Gasteiger partial charge is 0.325 e. The molecule has 0 bridgehead atoms. The first-order valence-corrected chi connectivity index (χ1v) is 8.29. The molecule has 0 radical (unpaired) electrons. The molecule has 0 spiro atoms. The molecule has 0 saturated carbocycles. The first kappa shape index (κ1) is 18.7. The zero-order valence-electron chi connectivity index (χ0n) is 14.4. The fraction of sp³-hybridized carbons (Fsp3) is 0.300. The van der Waals surface area contributed by atoms with E-state index in [1.165, 1.54) is 12.0 Å². The molecule has 0 aliphatic heterocycles. The lowest BCUT2D eigenvalue weighted by Gasteiger charge is -2.25. The predicted molar refractivity (Wildman–Crippen MR) is 96.6 cm³/mol. The lowest BCUT2D eigenvalue weighted by atomic mass is 10.0. The molecule has 2 N–H and O–H groups in total. The van der Waals surface area contributed by atoms with E-state index < -0.39 is 12.0 Å². The molecule has 5 heteroatoms. The van der Waals surface area contributed by atoms with Crippen molar-refractivity contribution in [2.75, 3.05) is 13.7 Å². The minimum absolute atomic E-state index is 0.108. The Labute approximate surface area is 148 Å². The van der Waals surface area contributed by atoms with Crippen molar-refractivity contribution in [1.29, 1.82) is 0 Å². The molecule has 1 atom stereocenters. The molecule has 2 aromatic rings. The van der Waals surface area contributed by atoms with Crippen LogP contribution in [-0.2, 0) is 27.3 Å². The van der Waals surface area contributed by atoms with Gasteiger partial charge < -0.3 is 15.4 Å². The molecule has 2 rings (SSSR count). The summed E-state index contributed by atoms with van der Waals surface area (Å²) >= 11 is 0. The number of hydrogen-bond donors (Lipinski definition) is 1. The van der Waals surface area contributed by atoms with Gasteiger partial charge in [-0.25, -0.2) is 0 Å². The van der Waals surface area contributed by atoms with E-state index >= 15 is 0 Å². The van der Waals surface area contributed by atoms with Crippen molar-refractivity contribution >= 4 is 11.9 Å². The Balaban J connectivity index is 2.01. The second-order valence-corrected chi connectivity index (χ2v) is 5.89. The SMILES string of the molecule is COC(=O)CN(Cc1ccccc1)C(=O)C(N)CCc1ccccc1. The monoisotopic (exact) mass is 340 g/mol. The third-order valence-corrected chi connectivity index (χ3v) is 3.98. The molecule has 0 aromatic heterocycles. The van der Waals surface area contributed by atoms with E-state index in [0.717, 1.165) is 11.1 Å². The van der Waals surface area contributed by atoms with Crippen LogP contribution in [0, 0.1) is 0 Å². The summed E-state index contributed by atoms with van der Waals surface area (Å²) in [6.07, 6.45) is 1.24. The molecule has 1 unspecified atom stereocenters. The van der Waals surface area contributed by atoms with Crippen LogP contribution in [0.25, 0.3) is 0 Å². The van der Waals surface area contributed by atoms with Gasteiger partial charge in [0.05, 0.1) is 13.2 Å². The van der Waals surface area contributed by atoms with Crippen LogP contribution in [0.4, 0.5) is 0 Å². The van der Waals surface area contributed by atoms with E-state index in [0.29, 0.717) is 19.4 Å². The summed E-state index contributed by atoms with van der Waals surface area (Å²) < 4.78 is 4.70. The Hall–Kier alpha value is -2.66. The summed E-state index contributed by atoms with van der Waals surface area (Å²) in [5, 5.41) is 0. The van der Waals surface area contributed by atoms with Crippen molar-refractivity contribution in [3.63, 3.8) is 0 Å². The molecule has 5 nitrogen and oxygen atoms in total. The summed E-state index contributed by atoms with van der Waals surface area (Å²) in [6, 6.07) is 18.7. The maximum absolute atomic E-state index is 12.7. The van der Waals surface area contributed by atoms with Gasteiger partial charge in [-0.15, -0.1) is 0 Å². The van der Waals surface area contributed by atoms with E-state index in [4.69, 9.17) is 10.5 Å². The van der Waals surface area contributed by atoms with Crippen molar-refractivity contribution in [1.82, 2.24) is 4.90 Å². The summed E-state index contributed by atoms with van der Waals surface area (Å²) in [7, 11) is 1.31. The van der Waals surface area contributed by atoms with Crippen LogP contribution in [0.15, 0.2) is 60.7 Å². The third kappa shape index (κ3) is 6.04. The van der Waals surface area contributed by atoms with Gasteiger partial charge in [-0.3, -0.25) is 9.59 Å². The number of methoxy groups -OCH3 is 1. The zero-order valence-corrected chi connectivity index (χ0v) is 14.4. The van der Waals surface area contributed by atoms with Crippen molar-refractivity contribution in [2.45, 2.75) is 25.4 Å². The number of carbonyl (C=O) groups excluding carboxylic acids is 2. The second kappa shape index (κ2) is 9.59. The van der Waals surface area contributed by atoms with Gasteiger partial charge in [-0.2, -0.15) is 0 Å². The van der Waals surface area contributed by atoms with Gasteiger partial charge in [0.25, 0.3) is 0 Å². The highest BCUT2D eigenvalue weighted by Crippen LogP contribution is 2.10. The normalized spacial score (nSPS) is 11.6. The number of nitrogens with zero attached hydrogens (tertiary/aromatic N) is 1. The van der Waals surface area contributed by atoms with Crippen LogP contribution in [0.1, 0.15) is 17.5 Å². The van der Waals surface area contributed by atoms with Gasteiger partial charge in [0.2, 0.25) is 5.91 Å². The van der Waals surface area contributed by atoms with E-state index in [-0.39, 0.29) is 12.5 Å². The van der Waals surface area contributed by atoms with E-state index in [1.54, 1.807) is 0 Å². The first-order valence-electron chi connectivity index (χ1n) is 8.29. The number of hydrogen-bond acceptors (Lipinski definition) is 4. The molecular weight excluding hydrogens is 316 g/mol. The maximum Gasteiger partial charge on any atom is 0.325 e. The molecule has 25 heavy (non-hydrogen) atoms. The minimum atomic E-state index is -0.659. The van der Waals surface area contributed by atoms with Crippen molar-refractivity contribution in [3.8, 4) is 0 Å². The largest absolute Gasteiger partial charge is 0.468 e. The van der Waals surface area contributed by atoms with Crippen molar-refractivity contribution in [2.24, 2.45) is 5.73 Å². The maximum atomic E-state index is 12.7. The van der Waals surface area contributed by atoms with E-state index in [2.05, 4.69) is 0 Å². The highest BCUT2D eigenvalue weighted by molar-refractivity contribution is 5.85. The van der Waals surface area contributed by atoms with Crippen LogP contribution < -0.4 is 5.73 Å². The number of nitrogens with two attached hydrogens (primary N) is 1. The highest BCUT2D eigenvalue weighted by atomic mass is 16.5. The average Bonchev–Trinajstić information content (AvgIpc) is 2.66. The Kier molecular flexibility index (Phi) is 7.16. The number of benzene rings is 2. The van der Waals surface area contributed by atoms with Gasteiger partial charge in [-0.05, 0) is 24.0 Å². The summed E-state index contributed by atoms with van der Waals surface area (Å²) in [5.74, 6) is -0.704. The Morgan fingerprint density at radius 1 is 1.00 bits per heavy atom. The van der Waals surface area contributed by atoms with Crippen LogP contribution in [0.2, 0.25) is 0 Å². The van der Waals surface area contributed by atoms with Gasteiger partial charge in [0, 0.05) is 6.54 Å². The number of amides is 1. The molecule has 1 amide bonds. The van der Waals surface area contributed by atoms with Crippen molar-refractivity contribution in [3.05, 3.63) is 71.8 Å². The van der Waals surface area contributed by atoms with Crippen LogP contribution >= 0.6 is 0 Å². The number of aryl methyl sites for hydroxylation is 1. The van der Waals surface area contributed by atoms with Crippen LogP contribution in [0.5, 0.6) is 0 Å². The summed E-state index contributed by atoms with van der Waals surface area (Å²) in [5.41, 5.74) is 8.17. The van der Waals surface area contributed by atoms with Gasteiger partial charge in [-0.1, -0.05) is 60.7 Å². The van der Waals surface area contributed by atoms with Gasteiger partial charge >= 0.3 is 5.97 Å². The number of carbonyl (C=O) groups is 2. The van der Waals surface area contributed by atoms with E-state index in [1.807, 2.05) is 60.7 Å². The standard InChI is InChI=1S/C20H24N2O3/c1-25-19(23)15-22(14-17-10-6-3-7-11-17)20(24)18(21)13-12-16-8-4-2-5-9-16/h2-11,18H,12-15,21H2,1H3. The molecule has 0 aliphatic rings. The molecule has 0 aliphatic carbocycles. The average molecular weight is 340 g/mol.